The van der Waals surface area contributed by atoms with Crippen LogP contribution in [0.4, 0.5) is 10.1 Å². The van der Waals surface area contributed by atoms with Gasteiger partial charge in [-0.25, -0.2) is 4.39 Å². The highest BCUT2D eigenvalue weighted by Crippen LogP contribution is 2.32. The molecule has 4 rings (SSSR count). The summed E-state index contributed by atoms with van der Waals surface area (Å²) in [6.45, 7) is 0.203. The van der Waals surface area contributed by atoms with Gasteiger partial charge >= 0.3 is 0 Å². The first kappa shape index (κ1) is 19.2. The molecule has 9 heteroatoms. The number of amides is 1. The Morgan fingerprint density at radius 3 is 2.70 bits per heavy atom. The molecular formula is C21H19FN6O2. The Balaban J connectivity index is 1.65. The van der Waals surface area contributed by atoms with Gasteiger partial charge in [-0.3, -0.25) is 15.0 Å². The predicted octanol–water partition coefficient (Wildman–Crippen LogP) is 3.12. The van der Waals surface area contributed by atoms with Crippen molar-refractivity contribution in [3.8, 4) is 5.75 Å². The van der Waals surface area contributed by atoms with E-state index in [1.54, 1.807) is 30.3 Å². The average molecular weight is 406 g/mol. The smallest absolute Gasteiger partial charge is 0.255 e. The molecule has 152 valence electrons. The first-order valence-corrected chi connectivity index (χ1v) is 9.11. The van der Waals surface area contributed by atoms with Crippen molar-refractivity contribution in [1.29, 1.82) is 0 Å². The number of hydrogen-bond donors (Lipinski definition) is 4. The summed E-state index contributed by atoms with van der Waals surface area (Å²) in [6.07, 6.45) is 5.11. The van der Waals surface area contributed by atoms with Crippen LogP contribution in [-0.4, -0.2) is 33.4 Å². The summed E-state index contributed by atoms with van der Waals surface area (Å²) in [5.74, 6) is -0.221. The number of fused-ring (bicyclic) bond motifs is 1. The summed E-state index contributed by atoms with van der Waals surface area (Å²) in [5, 5.41) is 17.3. The van der Waals surface area contributed by atoms with E-state index in [0.29, 0.717) is 39.3 Å². The summed E-state index contributed by atoms with van der Waals surface area (Å²) in [4.78, 5) is 12.8. The van der Waals surface area contributed by atoms with Crippen molar-refractivity contribution < 1.29 is 13.9 Å². The molecule has 0 unspecified atom stereocenters. The molecule has 0 spiro atoms. The number of aromatic nitrogens is 4. The van der Waals surface area contributed by atoms with E-state index < -0.39 is 0 Å². The maximum absolute atomic E-state index is 13.1. The maximum Gasteiger partial charge on any atom is 0.255 e. The van der Waals surface area contributed by atoms with Gasteiger partial charge in [-0.2, -0.15) is 10.2 Å². The van der Waals surface area contributed by atoms with Crippen molar-refractivity contribution >= 4 is 34.6 Å². The summed E-state index contributed by atoms with van der Waals surface area (Å²) < 4.78 is 18.7. The average Bonchev–Trinajstić information content (AvgIpc) is 3.36. The number of carbonyl (C=O) groups excluding carboxylic acids is 1. The number of anilines is 1. The third-order valence-corrected chi connectivity index (χ3v) is 4.64. The van der Waals surface area contributed by atoms with Crippen molar-refractivity contribution in [2.75, 3.05) is 12.8 Å². The Bertz CT molecular complexity index is 1230. The summed E-state index contributed by atoms with van der Waals surface area (Å²) >= 11 is 0. The van der Waals surface area contributed by atoms with E-state index in [2.05, 4.69) is 25.7 Å². The van der Waals surface area contributed by atoms with Crippen LogP contribution in [0.25, 0.3) is 23.1 Å². The highest BCUT2D eigenvalue weighted by molar-refractivity contribution is 6.05. The number of nitrogens with one attached hydrogen (secondary N) is 3. The van der Waals surface area contributed by atoms with Gasteiger partial charge < -0.3 is 15.8 Å². The highest BCUT2D eigenvalue weighted by Gasteiger charge is 2.19. The van der Waals surface area contributed by atoms with E-state index in [9.17, 15) is 9.18 Å². The maximum atomic E-state index is 13.1. The van der Waals surface area contributed by atoms with Gasteiger partial charge in [-0.15, -0.1) is 0 Å². The van der Waals surface area contributed by atoms with Crippen LogP contribution in [0.3, 0.4) is 0 Å². The zero-order valence-corrected chi connectivity index (χ0v) is 16.1. The van der Waals surface area contributed by atoms with E-state index in [-0.39, 0.29) is 18.3 Å². The minimum atomic E-state index is -0.322. The third-order valence-electron chi connectivity index (χ3n) is 4.64. The zero-order valence-electron chi connectivity index (χ0n) is 16.1. The third kappa shape index (κ3) is 3.72. The fourth-order valence-corrected chi connectivity index (χ4v) is 3.09. The van der Waals surface area contributed by atoms with Gasteiger partial charge in [0.25, 0.3) is 5.91 Å². The first-order valence-electron chi connectivity index (χ1n) is 9.11. The molecule has 0 aliphatic rings. The topological polar surface area (TPSA) is 122 Å². The van der Waals surface area contributed by atoms with Crippen LogP contribution >= 0.6 is 0 Å². The first-order chi connectivity index (χ1) is 14.6. The van der Waals surface area contributed by atoms with Crippen LogP contribution < -0.4 is 15.8 Å². The SMILES string of the molecule is COc1c(C(=O)NCc2[nH]ncc2N)ccc2n[nH]c(/C=C/c3ccc(F)cc3)c12. The second kappa shape index (κ2) is 8.08. The van der Waals surface area contributed by atoms with Gasteiger partial charge in [-0.1, -0.05) is 18.2 Å². The minimum absolute atomic E-state index is 0.203. The van der Waals surface area contributed by atoms with Gasteiger partial charge in [0.1, 0.15) is 11.6 Å². The standard InChI is InChI=1S/C21H19FN6O2/c1-30-20-14(21(29)24-11-18-15(23)10-25-26-18)7-9-17-19(20)16(27-28-17)8-4-12-2-5-13(22)6-3-12/h2-10H,11,23H2,1H3,(H,24,29)(H,25,26)(H,27,28)/b8-4+. The van der Waals surface area contributed by atoms with Gasteiger partial charge in [0.15, 0.2) is 0 Å². The van der Waals surface area contributed by atoms with Gasteiger partial charge in [0.2, 0.25) is 0 Å². The van der Waals surface area contributed by atoms with E-state index in [0.717, 1.165) is 5.56 Å². The molecule has 0 bridgehead atoms. The molecule has 8 nitrogen and oxygen atoms in total. The van der Waals surface area contributed by atoms with E-state index in [4.69, 9.17) is 10.5 Å². The molecule has 0 atom stereocenters. The molecule has 2 heterocycles. The van der Waals surface area contributed by atoms with Crippen LogP contribution in [0.15, 0.2) is 42.6 Å². The largest absolute Gasteiger partial charge is 0.495 e. The molecule has 2 aromatic heterocycles. The van der Waals surface area contributed by atoms with E-state index >= 15 is 0 Å². The number of nitrogen functional groups attached to an aromatic ring is 1. The molecule has 0 aliphatic heterocycles. The van der Waals surface area contributed by atoms with Gasteiger partial charge in [-0.05, 0) is 35.9 Å². The molecule has 1 amide bonds. The van der Waals surface area contributed by atoms with Crippen molar-refractivity contribution in [3.63, 3.8) is 0 Å². The van der Waals surface area contributed by atoms with E-state index in [1.807, 2.05) is 6.08 Å². The Labute approximate surface area is 170 Å². The van der Waals surface area contributed by atoms with Crippen LogP contribution in [0.2, 0.25) is 0 Å². The number of benzene rings is 2. The number of rotatable bonds is 6. The minimum Gasteiger partial charge on any atom is -0.495 e. The molecule has 0 radical (unpaired) electrons. The number of nitrogens with two attached hydrogens (primary N) is 1. The summed E-state index contributed by atoms with van der Waals surface area (Å²) in [7, 11) is 1.50. The molecule has 0 saturated carbocycles. The lowest BCUT2D eigenvalue weighted by molar-refractivity contribution is 0.0947. The number of aromatic amines is 2. The molecule has 0 saturated heterocycles. The van der Waals surface area contributed by atoms with Gasteiger partial charge in [0, 0.05) is 0 Å². The van der Waals surface area contributed by atoms with Crippen LogP contribution in [-0.2, 0) is 6.54 Å². The summed E-state index contributed by atoms with van der Waals surface area (Å²) in [5.41, 5.74) is 9.38. The normalized spacial score (nSPS) is 11.3. The molecule has 0 aliphatic carbocycles. The van der Waals surface area contributed by atoms with E-state index in [1.165, 1.54) is 25.4 Å². The number of ether oxygens (including phenoxy) is 1. The number of hydrogen-bond acceptors (Lipinski definition) is 5. The monoisotopic (exact) mass is 406 g/mol. The van der Waals surface area contributed by atoms with Gasteiger partial charge in [0.05, 0.1) is 53.4 Å². The van der Waals surface area contributed by atoms with Crippen molar-refractivity contribution in [1.82, 2.24) is 25.7 Å². The lowest BCUT2D eigenvalue weighted by Crippen LogP contribution is -2.24. The predicted molar refractivity (Wildman–Crippen MR) is 112 cm³/mol. The number of nitrogens with zero attached hydrogens (tertiary/aromatic N) is 2. The molecule has 0 fully saturated rings. The highest BCUT2D eigenvalue weighted by atomic mass is 19.1. The van der Waals surface area contributed by atoms with Crippen LogP contribution in [0.1, 0.15) is 27.3 Å². The lowest BCUT2D eigenvalue weighted by atomic mass is 10.1. The van der Waals surface area contributed by atoms with Crippen molar-refractivity contribution in [2.24, 2.45) is 0 Å². The number of H-pyrrole nitrogens is 2. The van der Waals surface area contributed by atoms with Crippen LogP contribution in [0, 0.1) is 5.82 Å². The number of methoxy groups -OCH3 is 1. The number of carbonyl (C=O) groups is 1. The molecular weight excluding hydrogens is 387 g/mol. The molecule has 4 aromatic rings. The Morgan fingerprint density at radius 2 is 2.00 bits per heavy atom. The number of halogens is 1. The quantitative estimate of drug-likeness (QED) is 0.392. The fraction of sp³-hybridized carbons (Fsp3) is 0.0952. The lowest BCUT2D eigenvalue weighted by Gasteiger charge is -2.10. The zero-order chi connectivity index (χ0) is 21.1. The van der Waals surface area contributed by atoms with Crippen LogP contribution in [0.5, 0.6) is 5.75 Å². The van der Waals surface area contributed by atoms with Crippen molar-refractivity contribution in [3.05, 3.63) is 70.9 Å². The second-order valence-corrected chi connectivity index (χ2v) is 6.55. The molecule has 30 heavy (non-hydrogen) atoms. The molecule has 5 N–H and O–H groups in total. The fourth-order valence-electron chi connectivity index (χ4n) is 3.09. The summed E-state index contributed by atoms with van der Waals surface area (Å²) in [6, 6.07) is 9.51. The Kier molecular flexibility index (Phi) is 5.17. The van der Waals surface area contributed by atoms with Crippen molar-refractivity contribution in [2.45, 2.75) is 6.54 Å². The molecule has 2 aromatic carbocycles. The Hall–Kier alpha value is -4.14. The second-order valence-electron chi connectivity index (χ2n) is 6.55. The Morgan fingerprint density at radius 1 is 1.20 bits per heavy atom.